The zero-order chi connectivity index (χ0) is 32.9. The number of hydrogen-bond donors (Lipinski definition) is 6. The number of hydrogen-bond acceptors (Lipinski definition) is 16. The highest BCUT2D eigenvalue weighted by molar-refractivity contribution is 7.47. The highest BCUT2D eigenvalue weighted by Crippen LogP contribution is 2.51. The van der Waals surface area contributed by atoms with E-state index in [0.29, 0.717) is 0 Å². The Kier molecular flexibility index (Phi) is 8.89. The van der Waals surface area contributed by atoms with E-state index in [2.05, 4.69) is 29.9 Å². The molecule has 4 aromatic heterocycles. The van der Waals surface area contributed by atoms with Crippen molar-refractivity contribution in [3.63, 3.8) is 0 Å². The van der Waals surface area contributed by atoms with Crippen molar-refractivity contribution < 1.29 is 56.1 Å². The number of alkyl halides is 2. The summed E-state index contributed by atoms with van der Waals surface area (Å²) in [7, 11) is -8.47. The molecule has 0 aliphatic carbocycles. The first-order valence-corrected chi connectivity index (χ1v) is 16.3. The Bertz CT molecular complexity index is 1880. The summed E-state index contributed by atoms with van der Waals surface area (Å²) in [4.78, 5) is 54.0. The Balaban J connectivity index is 1.21. The predicted molar refractivity (Wildman–Crippen MR) is 149 cm³/mol. The molecule has 2 aliphatic heterocycles. The second kappa shape index (κ2) is 12.6. The monoisotopic (exact) mass is 694 g/mol. The van der Waals surface area contributed by atoms with Gasteiger partial charge in [-0.1, -0.05) is 0 Å². The van der Waals surface area contributed by atoms with Crippen LogP contribution in [0.15, 0.2) is 23.8 Å². The maximum atomic E-state index is 15.7. The topological polar surface area (TPSA) is 300 Å². The number of phosphoric ester groups is 1. The first-order chi connectivity index (χ1) is 21.9. The molecular formula is C21H26F2N10O11P2. The molecule has 2 saturated heterocycles. The van der Waals surface area contributed by atoms with Crippen molar-refractivity contribution in [1.82, 2.24) is 39.0 Å². The van der Waals surface area contributed by atoms with Gasteiger partial charge in [-0.15, -0.1) is 0 Å². The van der Waals surface area contributed by atoms with Crippen molar-refractivity contribution in [3.05, 3.63) is 29.3 Å². The summed E-state index contributed by atoms with van der Waals surface area (Å²) in [6, 6.07) is 0. The molecular weight excluding hydrogens is 668 g/mol. The van der Waals surface area contributed by atoms with Crippen LogP contribution >= 0.6 is 15.9 Å². The summed E-state index contributed by atoms with van der Waals surface area (Å²) in [5, 5.41) is 9.61. The van der Waals surface area contributed by atoms with E-state index >= 15 is 8.78 Å². The van der Waals surface area contributed by atoms with Crippen LogP contribution in [0.1, 0.15) is 12.5 Å². The zero-order valence-electron chi connectivity index (χ0n) is 23.1. The van der Waals surface area contributed by atoms with E-state index in [0.717, 1.165) is 17.2 Å². The number of H-pyrrole nitrogens is 1. The molecule has 2 aliphatic rings. The lowest BCUT2D eigenvalue weighted by Gasteiger charge is -2.24. The molecule has 0 radical (unpaired) electrons. The number of aliphatic hydroxyl groups is 1. The van der Waals surface area contributed by atoms with Gasteiger partial charge in [0.05, 0.1) is 25.9 Å². The predicted octanol–water partition coefficient (Wildman–Crippen LogP) is -1.10. The van der Waals surface area contributed by atoms with Crippen molar-refractivity contribution >= 4 is 49.9 Å². The van der Waals surface area contributed by atoms with E-state index < -0.39 is 90.2 Å². The van der Waals surface area contributed by atoms with Crippen LogP contribution in [-0.2, 0) is 32.4 Å². The van der Waals surface area contributed by atoms with Crippen LogP contribution in [0.2, 0.25) is 0 Å². The smallest absolute Gasteiger partial charge is 0.394 e. The van der Waals surface area contributed by atoms with Gasteiger partial charge >= 0.3 is 7.82 Å². The number of halogens is 2. The van der Waals surface area contributed by atoms with Crippen LogP contribution in [0.3, 0.4) is 0 Å². The second-order valence-electron chi connectivity index (χ2n) is 10.1. The zero-order valence-corrected chi connectivity index (χ0v) is 25.0. The molecule has 21 nitrogen and oxygen atoms in total. The molecule has 0 spiro atoms. The molecule has 250 valence electrons. The third kappa shape index (κ3) is 6.01. The Morgan fingerprint density at radius 3 is 2.39 bits per heavy atom. The van der Waals surface area contributed by atoms with Gasteiger partial charge in [-0.25, -0.2) is 33.3 Å². The number of aromatic nitrogens is 8. The third-order valence-electron chi connectivity index (χ3n) is 7.15. The number of nitrogen functional groups attached to an aromatic ring is 2. The number of ether oxygens (including phenoxy) is 3. The minimum atomic E-state index is -5.27. The fourth-order valence-electron chi connectivity index (χ4n) is 5.11. The normalized spacial score (nSPS) is 30.3. The number of imidazole rings is 2. The molecule has 46 heavy (non-hydrogen) atoms. The number of aliphatic hydroxyl groups excluding tert-OH is 1. The number of aromatic amines is 1. The number of rotatable bonds is 11. The molecule has 3 unspecified atom stereocenters. The average Bonchev–Trinajstić information content (AvgIpc) is 3.76. The standard InChI is InChI=1S/C21H26F2N10O11P2/c22-9-7(1-34)42-20(33-5-29-12-17(33)30-21(25)31-18(12)35)14(9)44-46(38,39)41-2-8-10(23)13(40-6-45(36)37)19(43-8)32-4-28-11-15(24)26-3-27-16(11)32/h3-5,7-10,13-14,19-20,34,45H,1-2,6H2,(H,36,37)(H,38,39)(H2,24,26,27)(H3,25,30,31,35)/t7-,8-,9+,10+,13?,14+,19-,20-/m1/s1. The lowest BCUT2D eigenvalue weighted by atomic mass is 10.1. The Morgan fingerprint density at radius 1 is 1.02 bits per heavy atom. The SMILES string of the molecule is Nc1nc2c(ncn2[C@@H]2O[C@H](CO)[C@H](F)[C@@H]2OP(=O)(O)OC[C@H]2O[C@@H](n3cnc4c(N)ncnc43)C(OC[PH](=O)O)[C@H]2F)c(=O)[nH]1. The molecule has 0 amide bonds. The Hall–Kier alpha value is -3.50. The fourth-order valence-corrected chi connectivity index (χ4v) is 6.37. The van der Waals surface area contributed by atoms with Crippen LogP contribution in [0.5, 0.6) is 0 Å². The van der Waals surface area contributed by atoms with E-state index in [9.17, 15) is 28.8 Å². The first kappa shape index (κ1) is 32.4. The number of fused-ring (bicyclic) bond motifs is 2. The third-order valence-corrected chi connectivity index (χ3v) is 8.55. The summed E-state index contributed by atoms with van der Waals surface area (Å²) in [6.45, 7) is -1.82. The van der Waals surface area contributed by atoms with Crippen LogP contribution < -0.4 is 17.0 Å². The van der Waals surface area contributed by atoms with E-state index in [1.165, 1.54) is 10.9 Å². The lowest BCUT2D eigenvalue weighted by Crippen LogP contribution is -2.33. The number of nitrogens with zero attached hydrogens (tertiary/aromatic N) is 7. The number of anilines is 2. The first-order valence-electron chi connectivity index (χ1n) is 13.2. The van der Waals surface area contributed by atoms with Crippen molar-refractivity contribution in [2.45, 2.75) is 49.2 Å². The fraction of sp³-hybridized carbons (Fsp3) is 0.524. The van der Waals surface area contributed by atoms with Gasteiger partial charge in [0.1, 0.15) is 42.6 Å². The number of nitrogens with one attached hydrogen (secondary N) is 1. The summed E-state index contributed by atoms with van der Waals surface area (Å²) >= 11 is 0. The summed E-state index contributed by atoms with van der Waals surface area (Å²) in [5.41, 5.74) is 10.5. The van der Waals surface area contributed by atoms with Crippen LogP contribution in [0, 0.1) is 0 Å². The summed E-state index contributed by atoms with van der Waals surface area (Å²) < 4.78 is 84.3. The van der Waals surface area contributed by atoms with Gasteiger partial charge in [-0.3, -0.25) is 32.5 Å². The van der Waals surface area contributed by atoms with Crippen molar-refractivity contribution in [2.75, 3.05) is 31.0 Å². The number of nitrogens with two attached hydrogens (primary N) is 2. The van der Waals surface area contributed by atoms with E-state index in [4.69, 9.17) is 34.7 Å². The van der Waals surface area contributed by atoms with Crippen LogP contribution in [-0.4, -0.2) is 110 Å². The van der Waals surface area contributed by atoms with Crippen molar-refractivity contribution in [3.8, 4) is 0 Å². The molecule has 25 heteroatoms. The van der Waals surface area contributed by atoms with Crippen molar-refractivity contribution in [1.29, 1.82) is 0 Å². The van der Waals surface area contributed by atoms with Gasteiger partial charge in [-0.05, 0) is 0 Å². The molecule has 0 aromatic carbocycles. The van der Waals surface area contributed by atoms with Crippen molar-refractivity contribution in [2.24, 2.45) is 0 Å². The quantitative estimate of drug-likeness (QED) is 0.101. The summed E-state index contributed by atoms with van der Waals surface area (Å²) in [6.07, 6.45) is -11.3. The van der Waals surface area contributed by atoms with Gasteiger partial charge < -0.3 is 40.6 Å². The largest absolute Gasteiger partial charge is 0.472 e. The molecule has 10 atom stereocenters. The lowest BCUT2D eigenvalue weighted by molar-refractivity contribution is -0.0662. The minimum absolute atomic E-state index is 0.00761. The Morgan fingerprint density at radius 2 is 1.67 bits per heavy atom. The van der Waals surface area contributed by atoms with Crippen LogP contribution in [0.4, 0.5) is 20.5 Å². The van der Waals surface area contributed by atoms with Gasteiger partial charge in [0, 0.05) is 0 Å². The molecule has 0 bridgehead atoms. The van der Waals surface area contributed by atoms with E-state index in [1.807, 2.05) is 0 Å². The molecule has 4 aromatic rings. The average molecular weight is 694 g/mol. The van der Waals surface area contributed by atoms with Gasteiger partial charge in [0.25, 0.3) is 5.56 Å². The number of phosphoric acid groups is 1. The minimum Gasteiger partial charge on any atom is -0.394 e. The van der Waals surface area contributed by atoms with Gasteiger partial charge in [0.15, 0.2) is 47.4 Å². The maximum absolute atomic E-state index is 15.7. The highest BCUT2D eigenvalue weighted by Gasteiger charge is 2.52. The molecule has 0 saturated carbocycles. The molecule has 8 N–H and O–H groups in total. The Labute approximate surface area is 254 Å². The second-order valence-corrected chi connectivity index (χ2v) is 12.5. The molecule has 2 fully saturated rings. The maximum Gasteiger partial charge on any atom is 0.472 e. The van der Waals surface area contributed by atoms with Crippen LogP contribution in [0.25, 0.3) is 22.3 Å². The summed E-state index contributed by atoms with van der Waals surface area (Å²) in [5.74, 6) is -0.307. The highest BCUT2D eigenvalue weighted by atomic mass is 31.2. The van der Waals surface area contributed by atoms with Gasteiger partial charge in [-0.2, -0.15) is 4.98 Å². The van der Waals surface area contributed by atoms with E-state index in [-0.39, 0.29) is 34.1 Å². The molecule has 6 rings (SSSR count). The van der Waals surface area contributed by atoms with Gasteiger partial charge in [0.2, 0.25) is 14.0 Å². The molecule has 6 heterocycles. The van der Waals surface area contributed by atoms with E-state index in [1.54, 1.807) is 0 Å².